The summed E-state index contributed by atoms with van der Waals surface area (Å²) in [6.45, 7) is 0. The molecule has 0 bridgehead atoms. The molecule has 4 aromatic rings. The van der Waals surface area contributed by atoms with E-state index in [-0.39, 0.29) is 0 Å². The molecule has 1 N–H and O–H groups in total. The van der Waals surface area contributed by atoms with Crippen LogP contribution in [0.15, 0.2) is 48.9 Å². The van der Waals surface area contributed by atoms with Crippen molar-refractivity contribution in [3.05, 3.63) is 54.5 Å². The zero-order valence-electron chi connectivity index (χ0n) is 16.6. The van der Waals surface area contributed by atoms with E-state index in [1.807, 2.05) is 24.3 Å². The SMILES string of the molecule is COc1cc(Nc2ncnc(-n3cc(C#N)c4ccccc43)n2)cc(OC)c1OC. The molecule has 0 saturated carbocycles. The highest BCUT2D eigenvalue weighted by Crippen LogP contribution is 2.40. The number of nitriles is 1. The number of hydrogen-bond donors (Lipinski definition) is 1. The predicted octanol–water partition coefficient (Wildman–Crippen LogP) is 3.46. The first-order valence-corrected chi connectivity index (χ1v) is 8.95. The number of para-hydroxylation sites is 1. The smallest absolute Gasteiger partial charge is 0.238 e. The molecule has 9 heteroatoms. The number of ether oxygens (including phenoxy) is 3. The van der Waals surface area contributed by atoms with Gasteiger partial charge in [0.15, 0.2) is 11.5 Å². The van der Waals surface area contributed by atoms with Gasteiger partial charge in [0.05, 0.1) is 32.4 Å². The molecule has 0 spiro atoms. The quantitative estimate of drug-likeness (QED) is 0.522. The van der Waals surface area contributed by atoms with Crippen LogP contribution in [-0.4, -0.2) is 40.8 Å². The van der Waals surface area contributed by atoms with Gasteiger partial charge in [-0.3, -0.25) is 4.57 Å². The van der Waals surface area contributed by atoms with Crippen LogP contribution >= 0.6 is 0 Å². The summed E-state index contributed by atoms with van der Waals surface area (Å²) in [5.74, 6) is 2.21. The normalized spacial score (nSPS) is 10.5. The van der Waals surface area contributed by atoms with E-state index >= 15 is 0 Å². The summed E-state index contributed by atoms with van der Waals surface area (Å²) < 4.78 is 17.9. The first-order chi connectivity index (χ1) is 14.7. The van der Waals surface area contributed by atoms with Gasteiger partial charge in [-0.1, -0.05) is 18.2 Å². The first-order valence-electron chi connectivity index (χ1n) is 8.95. The van der Waals surface area contributed by atoms with Gasteiger partial charge in [-0.25, -0.2) is 9.97 Å². The Morgan fingerprint density at radius 1 is 1.00 bits per heavy atom. The molecule has 0 amide bonds. The van der Waals surface area contributed by atoms with E-state index in [1.165, 1.54) is 6.33 Å². The van der Waals surface area contributed by atoms with Crippen molar-refractivity contribution in [1.29, 1.82) is 5.26 Å². The van der Waals surface area contributed by atoms with Gasteiger partial charge < -0.3 is 19.5 Å². The van der Waals surface area contributed by atoms with Crippen molar-refractivity contribution >= 4 is 22.5 Å². The van der Waals surface area contributed by atoms with Gasteiger partial charge in [-0.15, -0.1) is 0 Å². The Balaban J connectivity index is 1.73. The van der Waals surface area contributed by atoms with Crippen molar-refractivity contribution in [3.63, 3.8) is 0 Å². The van der Waals surface area contributed by atoms with E-state index in [2.05, 4.69) is 26.3 Å². The summed E-state index contributed by atoms with van der Waals surface area (Å²) in [7, 11) is 4.64. The molecule has 0 radical (unpaired) electrons. The molecule has 0 aliphatic rings. The molecule has 0 fully saturated rings. The molecule has 0 saturated heterocycles. The monoisotopic (exact) mass is 402 g/mol. The summed E-state index contributed by atoms with van der Waals surface area (Å²) in [5.41, 5.74) is 2.03. The lowest BCUT2D eigenvalue weighted by atomic mass is 10.2. The van der Waals surface area contributed by atoms with Gasteiger partial charge in [0.2, 0.25) is 17.6 Å². The van der Waals surface area contributed by atoms with Crippen molar-refractivity contribution in [2.75, 3.05) is 26.6 Å². The Hall–Kier alpha value is -4.32. The molecular formula is C21H18N6O3. The van der Waals surface area contributed by atoms with Gasteiger partial charge in [0.1, 0.15) is 12.4 Å². The molecule has 4 rings (SSSR count). The van der Waals surface area contributed by atoms with E-state index < -0.39 is 0 Å². The van der Waals surface area contributed by atoms with Crippen LogP contribution in [0, 0.1) is 11.3 Å². The minimum absolute atomic E-state index is 0.325. The molecule has 2 aromatic heterocycles. The van der Waals surface area contributed by atoms with Crippen LogP contribution in [0.1, 0.15) is 5.56 Å². The third kappa shape index (κ3) is 3.31. The van der Waals surface area contributed by atoms with Crippen molar-refractivity contribution < 1.29 is 14.2 Å². The van der Waals surface area contributed by atoms with E-state index in [0.29, 0.717) is 40.4 Å². The maximum Gasteiger partial charge on any atom is 0.238 e. The lowest BCUT2D eigenvalue weighted by Crippen LogP contribution is -2.05. The zero-order chi connectivity index (χ0) is 21.1. The average molecular weight is 402 g/mol. The summed E-state index contributed by atoms with van der Waals surface area (Å²) in [5, 5.41) is 13.4. The molecule has 2 heterocycles. The molecular weight excluding hydrogens is 384 g/mol. The standard InChI is InChI=1S/C21H18N6O3/c1-28-17-8-14(9-18(29-2)19(17)30-3)25-20-23-12-24-21(26-20)27-11-13(10-22)15-6-4-5-7-16(15)27/h4-9,11-12H,1-3H3,(H,23,24,25,26). The van der Waals surface area contributed by atoms with Gasteiger partial charge in [0.25, 0.3) is 0 Å². The molecule has 150 valence electrons. The zero-order valence-corrected chi connectivity index (χ0v) is 16.6. The van der Waals surface area contributed by atoms with Crippen molar-refractivity contribution in [2.24, 2.45) is 0 Å². The van der Waals surface area contributed by atoms with E-state index in [4.69, 9.17) is 14.2 Å². The highest BCUT2D eigenvalue weighted by Gasteiger charge is 2.15. The number of benzene rings is 2. The highest BCUT2D eigenvalue weighted by atomic mass is 16.5. The number of methoxy groups -OCH3 is 3. The third-order valence-electron chi connectivity index (χ3n) is 4.53. The van der Waals surface area contributed by atoms with E-state index in [0.717, 1.165) is 10.9 Å². The number of rotatable bonds is 6. The number of hydrogen-bond acceptors (Lipinski definition) is 8. The molecule has 9 nitrogen and oxygen atoms in total. The molecule has 0 atom stereocenters. The third-order valence-corrected chi connectivity index (χ3v) is 4.53. The summed E-state index contributed by atoms with van der Waals surface area (Å²) >= 11 is 0. The van der Waals surface area contributed by atoms with Gasteiger partial charge in [-0.2, -0.15) is 10.2 Å². The Morgan fingerprint density at radius 2 is 1.73 bits per heavy atom. The van der Waals surface area contributed by atoms with Crippen LogP contribution in [-0.2, 0) is 0 Å². The summed E-state index contributed by atoms with van der Waals surface area (Å²) in [6, 6.07) is 13.3. The van der Waals surface area contributed by atoms with Crippen LogP contribution in [0.5, 0.6) is 17.2 Å². The first kappa shape index (κ1) is 19.0. The van der Waals surface area contributed by atoms with Crippen LogP contribution in [0.2, 0.25) is 0 Å². The van der Waals surface area contributed by atoms with Crippen LogP contribution < -0.4 is 19.5 Å². The summed E-state index contributed by atoms with van der Waals surface area (Å²) in [6.07, 6.45) is 3.12. The second-order valence-corrected chi connectivity index (χ2v) is 6.19. The van der Waals surface area contributed by atoms with Gasteiger partial charge in [-0.05, 0) is 6.07 Å². The molecule has 2 aromatic carbocycles. The fourth-order valence-electron chi connectivity index (χ4n) is 3.18. The maximum absolute atomic E-state index is 9.42. The fraction of sp³-hybridized carbons (Fsp3) is 0.143. The van der Waals surface area contributed by atoms with Gasteiger partial charge in [0, 0.05) is 29.4 Å². The van der Waals surface area contributed by atoms with Crippen LogP contribution in [0.3, 0.4) is 0 Å². The van der Waals surface area contributed by atoms with Crippen molar-refractivity contribution in [1.82, 2.24) is 19.5 Å². The predicted molar refractivity (Wildman–Crippen MR) is 111 cm³/mol. The molecule has 0 unspecified atom stereocenters. The number of aromatic nitrogens is 4. The topological polar surface area (TPSA) is 107 Å². The Bertz CT molecular complexity index is 1240. The molecule has 0 aliphatic carbocycles. The Labute approximate surface area is 172 Å². The number of nitrogens with zero attached hydrogens (tertiary/aromatic N) is 5. The second-order valence-electron chi connectivity index (χ2n) is 6.19. The van der Waals surface area contributed by atoms with E-state index in [9.17, 15) is 5.26 Å². The van der Waals surface area contributed by atoms with Gasteiger partial charge >= 0.3 is 0 Å². The lowest BCUT2D eigenvalue weighted by molar-refractivity contribution is 0.324. The minimum Gasteiger partial charge on any atom is -0.493 e. The number of anilines is 2. The average Bonchev–Trinajstić information content (AvgIpc) is 3.17. The fourth-order valence-corrected chi connectivity index (χ4v) is 3.18. The van der Waals surface area contributed by atoms with E-state index in [1.54, 1.807) is 44.2 Å². The molecule has 30 heavy (non-hydrogen) atoms. The van der Waals surface area contributed by atoms with Crippen molar-refractivity contribution in [2.45, 2.75) is 0 Å². The number of fused-ring (bicyclic) bond motifs is 1. The maximum atomic E-state index is 9.42. The van der Waals surface area contributed by atoms with Crippen molar-refractivity contribution in [3.8, 4) is 29.3 Å². The Morgan fingerprint density at radius 3 is 2.40 bits per heavy atom. The largest absolute Gasteiger partial charge is 0.493 e. The highest BCUT2D eigenvalue weighted by molar-refractivity contribution is 5.87. The minimum atomic E-state index is 0.325. The lowest BCUT2D eigenvalue weighted by Gasteiger charge is -2.14. The Kier molecular flexibility index (Phi) is 5.05. The van der Waals surface area contributed by atoms with Crippen LogP contribution in [0.25, 0.3) is 16.9 Å². The summed E-state index contributed by atoms with van der Waals surface area (Å²) in [4.78, 5) is 13.0. The van der Waals surface area contributed by atoms with Crippen LogP contribution in [0.4, 0.5) is 11.6 Å². The second kappa shape index (κ2) is 7.97. The molecule has 0 aliphatic heterocycles. The number of nitrogens with one attached hydrogen (secondary N) is 1.